The van der Waals surface area contributed by atoms with Crippen molar-refractivity contribution in [1.82, 2.24) is 4.90 Å². The third kappa shape index (κ3) is 3.73. The van der Waals surface area contributed by atoms with Crippen molar-refractivity contribution >= 4 is 5.91 Å². The highest BCUT2D eigenvalue weighted by Crippen LogP contribution is 2.17. The van der Waals surface area contributed by atoms with E-state index in [9.17, 15) is 4.79 Å². The Bertz CT molecular complexity index is 425. The lowest BCUT2D eigenvalue weighted by Crippen LogP contribution is -2.52. The fourth-order valence-corrected chi connectivity index (χ4v) is 2.53. The molecule has 0 saturated carbocycles. The van der Waals surface area contributed by atoms with Crippen LogP contribution in [0.15, 0.2) is 30.3 Å². The van der Waals surface area contributed by atoms with Crippen molar-refractivity contribution in [3.8, 4) is 5.75 Å². The van der Waals surface area contributed by atoms with Gasteiger partial charge in [0, 0.05) is 13.1 Å². The van der Waals surface area contributed by atoms with Gasteiger partial charge in [0.15, 0.2) is 6.10 Å². The Balaban J connectivity index is 2.01. The Morgan fingerprint density at radius 3 is 2.45 bits per heavy atom. The summed E-state index contributed by atoms with van der Waals surface area (Å²) < 4.78 is 11.5. The van der Waals surface area contributed by atoms with E-state index in [2.05, 4.69) is 0 Å². The number of hydrogen-bond acceptors (Lipinski definition) is 3. The van der Waals surface area contributed by atoms with E-state index >= 15 is 0 Å². The second-order valence-electron chi connectivity index (χ2n) is 5.33. The summed E-state index contributed by atoms with van der Waals surface area (Å²) >= 11 is 0. The van der Waals surface area contributed by atoms with Crippen LogP contribution in [0, 0.1) is 0 Å². The van der Waals surface area contributed by atoms with Gasteiger partial charge in [-0.2, -0.15) is 0 Å². The highest BCUT2D eigenvalue weighted by atomic mass is 16.5. The molecular weight excluding hydrogens is 254 g/mol. The summed E-state index contributed by atoms with van der Waals surface area (Å²) in [5.74, 6) is 0.792. The zero-order chi connectivity index (χ0) is 14.5. The van der Waals surface area contributed by atoms with Gasteiger partial charge in [0.1, 0.15) is 5.75 Å². The Labute approximate surface area is 120 Å². The molecule has 1 amide bonds. The van der Waals surface area contributed by atoms with Crippen LogP contribution in [0.3, 0.4) is 0 Å². The van der Waals surface area contributed by atoms with E-state index in [1.54, 1.807) is 0 Å². The zero-order valence-electron chi connectivity index (χ0n) is 12.4. The first-order valence-corrected chi connectivity index (χ1v) is 7.26. The van der Waals surface area contributed by atoms with Crippen molar-refractivity contribution < 1.29 is 14.3 Å². The Morgan fingerprint density at radius 1 is 1.30 bits per heavy atom. The van der Waals surface area contributed by atoms with Crippen LogP contribution in [0.5, 0.6) is 5.75 Å². The standard InChI is InChI=1S/C16H23NO3/c1-4-15(20-14-8-6-5-7-9-14)16(18)17-10-12(2)19-13(3)11-17/h5-9,12-13,15H,4,10-11H2,1-3H3/t12-,13-,15+/m0/s1. The lowest BCUT2D eigenvalue weighted by atomic mass is 10.1. The van der Waals surface area contributed by atoms with Crippen molar-refractivity contribution in [3.63, 3.8) is 0 Å². The average Bonchev–Trinajstić information content (AvgIpc) is 2.44. The van der Waals surface area contributed by atoms with Crippen LogP contribution in [-0.4, -0.2) is 42.2 Å². The van der Waals surface area contributed by atoms with Crippen molar-refractivity contribution in [2.24, 2.45) is 0 Å². The van der Waals surface area contributed by atoms with Gasteiger partial charge >= 0.3 is 0 Å². The molecule has 0 bridgehead atoms. The number of ether oxygens (including phenoxy) is 2. The molecule has 1 fully saturated rings. The minimum absolute atomic E-state index is 0.0540. The van der Waals surface area contributed by atoms with Crippen molar-refractivity contribution in [1.29, 1.82) is 0 Å². The number of nitrogens with zero attached hydrogens (tertiary/aromatic N) is 1. The molecule has 1 aromatic carbocycles. The predicted octanol–water partition coefficient (Wildman–Crippen LogP) is 2.48. The smallest absolute Gasteiger partial charge is 0.263 e. The molecule has 1 aromatic rings. The molecule has 110 valence electrons. The first-order valence-electron chi connectivity index (χ1n) is 7.26. The second kappa shape index (κ2) is 6.75. The summed E-state index contributed by atoms with van der Waals surface area (Å²) in [7, 11) is 0. The van der Waals surface area contributed by atoms with Crippen LogP contribution in [0.1, 0.15) is 27.2 Å². The quantitative estimate of drug-likeness (QED) is 0.848. The number of rotatable bonds is 4. The van der Waals surface area contributed by atoms with Crippen molar-refractivity contribution in [2.75, 3.05) is 13.1 Å². The summed E-state index contributed by atoms with van der Waals surface area (Å²) in [6.07, 6.45) is 0.400. The van der Waals surface area contributed by atoms with Crippen LogP contribution in [0.2, 0.25) is 0 Å². The number of hydrogen-bond donors (Lipinski definition) is 0. The molecule has 1 aliphatic heterocycles. The molecule has 0 unspecified atom stereocenters. The van der Waals surface area contributed by atoms with E-state index in [0.717, 1.165) is 5.75 Å². The van der Waals surface area contributed by atoms with E-state index in [-0.39, 0.29) is 18.1 Å². The summed E-state index contributed by atoms with van der Waals surface area (Å²) in [5, 5.41) is 0. The van der Waals surface area contributed by atoms with Crippen LogP contribution < -0.4 is 4.74 Å². The molecule has 0 radical (unpaired) electrons. The third-order valence-electron chi connectivity index (χ3n) is 3.40. The molecule has 0 N–H and O–H groups in total. The normalized spacial score (nSPS) is 24.2. The number of amides is 1. The van der Waals surface area contributed by atoms with Gasteiger partial charge in [0.05, 0.1) is 12.2 Å². The highest BCUT2D eigenvalue weighted by molar-refractivity contribution is 5.81. The van der Waals surface area contributed by atoms with E-state index in [1.165, 1.54) is 0 Å². The van der Waals surface area contributed by atoms with Crippen LogP contribution in [-0.2, 0) is 9.53 Å². The number of morpholine rings is 1. The molecule has 20 heavy (non-hydrogen) atoms. The maximum Gasteiger partial charge on any atom is 0.263 e. The number of carbonyl (C=O) groups is 1. The molecular formula is C16H23NO3. The molecule has 1 saturated heterocycles. The van der Waals surface area contributed by atoms with E-state index in [4.69, 9.17) is 9.47 Å². The lowest BCUT2D eigenvalue weighted by molar-refractivity contribution is -0.150. The minimum Gasteiger partial charge on any atom is -0.481 e. The van der Waals surface area contributed by atoms with Crippen molar-refractivity contribution in [2.45, 2.75) is 45.5 Å². The van der Waals surface area contributed by atoms with Gasteiger partial charge in [0.25, 0.3) is 5.91 Å². The Kier molecular flexibility index (Phi) is 5.01. The molecule has 1 heterocycles. The average molecular weight is 277 g/mol. The molecule has 3 atom stereocenters. The molecule has 1 aliphatic rings. The summed E-state index contributed by atoms with van der Waals surface area (Å²) in [4.78, 5) is 14.4. The summed E-state index contributed by atoms with van der Waals surface area (Å²) in [6, 6.07) is 9.50. The molecule has 0 aliphatic carbocycles. The molecule has 0 spiro atoms. The maximum atomic E-state index is 12.6. The first-order chi connectivity index (χ1) is 9.60. The topological polar surface area (TPSA) is 38.8 Å². The maximum absolute atomic E-state index is 12.6. The monoisotopic (exact) mass is 277 g/mol. The third-order valence-corrected chi connectivity index (χ3v) is 3.40. The van der Waals surface area contributed by atoms with Crippen LogP contribution in [0.4, 0.5) is 0 Å². The van der Waals surface area contributed by atoms with Gasteiger partial charge in [-0.05, 0) is 32.4 Å². The number of benzene rings is 1. The van der Waals surface area contributed by atoms with E-state index < -0.39 is 6.10 Å². The van der Waals surface area contributed by atoms with E-state index in [0.29, 0.717) is 19.5 Å². The molecule has 4 nitrogen and oxygen atoms in total. The summed E-state index contributed by atoms with van der Waals surface area (Å²) in [6.45, 7) is 7.23. The first kappa shape index (κ1) is 14.9. The zero-order valence-corrected chi connectivity index (χ0v) is 12.4. The Morgan fingerprint density at radius 2 is 1.90 bits per heavy atom. The van der Waals surface area contributed by atoms with Gasteiger partial charge in [-0.15, -0.1) is 0 Å². The lowest BCUT2D eigenvalue weighted by Gasteiger charge is -2.36. The van der Waals surface area contributed by atoms with Gasteiger partial charge in [0.2, 0.25) is 0 Å². The Hall–Kier alpha value is -1.55. The highest BCUT2D eigenvalue weighted by Gasteiger charge is 2.30. The minimum atomic E-state index is -0.421. The van der Waals surface area contributed by atoms with Gasteiger partial charge in [-0.25, -0.2) is 0 Å². The second-order valence-corrected chi connectivity index (χ2v) is 5.33. The predicted molar refractivity (Wildman–Crippen MR) is 77.7 cm³/mol. The van der Waals surface area contributed by atoms with Crippen LogP contribution >= 0.6 is 0 Å². The van der Waals surface area contributed by atoms with E-state index in [1.807, 2.05) is 56.0 Å². The van der Waals surface area contributed by atoms with Crippen LogP contribution in [0.25, 0.3) is 0 Å². The summed E-state index contributed by atoms with van der Waals surface area (Å²) in [5.41, 5.74) is 0. The largest absolute Gasteiger partial charge is 0.481 e. The fraction of sp³-hybridized carbons (Fsp3) is 0.562. The molecule has 2 rings (SSSR count). The number of carbonyl (C=O) groups excluding carboxylic acids is 1. The van der Waals surface area contributed by atoms with Crippen molar-refractivity contribution in [3.05, 3.63) is 30.3 Å². The SMILES string of the molecule is CC[C@@H](Oc1ccccc1)C(=O)N1C[C@H](C)O[C@@H](C)C1. The molecule has 0 aromatic heterocycles. The fourth-order valence-electron chi connectivity index (χ4n) is 2.53. The van der Waals surface area contributed by atoms with Gasteiger partial charge < -0.3 is 14.4 Å². The molecule has 4 heteroatoms. The van der Waals surface area contributed by atoms with Gasteiger partial charge in [-0.3, -0.25) is 4.79 Å². The van der Waals surface area contributed by atoms with Gasteiger partial charge in [-0.1, -0.05) is 25.1 Å². The number of para-hydroxylation sites is 1.